The van der Waals surface area contributed by atoms with Crippen LogP contribution in [-0.4, -0.2) is 15.9 Å². The lowest BCUT2D eigenvalue weighted by atomic mass is 9.55. The van der Waals surface area contributed by atoms with Gasteiger partial charge in [-0.2, -0.15) is 5.10 Å². The summed E-state index contributed by atoms with van der Waals surface area (Å²) in [5.41, 5.74) is 5.03. The summed E-state index contributed by atoms with van der Waals surface area (Å²) in [6.07, 6.45) is 5.91. The van der Waals surface area contributed by atoms with Gasteiger partial charge in [0.05, 0.1) is 0 Å². The third kappa shape index (κ3) is 2.76. The first-order valence-electron chi connectivity index (χ1n) is 8.96. The number of aryl methyl sites for hydroxylation is 1. The van der Waals surface area contributed by atoms with Crippen LogP contribution in [0.3, 0.4) is 0 Å². The van der Waals surface area contributed by atoms with Crippen molar-refractivity contribution in [2.45, 2.75) is 43.9 Å². The molecule has 4 N–H and O–H groups in total. The maximum absolute atomic E-state index is 9.91. The van der Waals surface area contributed by atoms with E-state index in [1.54, 1.807) is 12.1 Å². The fourth-order valence-electron chi connectivity index (χ4n) is 4.91. The first kappa shape index (κ1) is 16.0. The number of rotatable bonds is 2. The van der Waals surface area contributed by atoms with Crippen molar-refractivity contribution in [2.24, 2.45) is 16.9 Å². The van der Waals surface area contributed by atoms with Crippen LogP contribution in [0.15, 0.2) is 47.6 Å². The molecular formula is C21H24N2O2. The van der Waals surface area contributed by atoms with Crippen LogP contribution in [0, 0.1) is 5.92 Å². The Labute approximate surface area is 148 Å². The predicted molar refractivity (Wildman–Crippen MR) is 98.9 cm³/mol. The number of hydrogen-bond acceptors (Lipinski definition) is 4. The number of hydrogen-bond donors (Lipinski definition) is 3. The highest BCUT2D eigenvalue weighted by Crippen LogP contribution is 2.51. The van der Waals surface area contributed by atoms with Gasteiger partial charge in [0.1, 0.15) is 11.5 Å². The molecule has 25 heavy (non-hydrogen) atoms. The molecule has 0 bridgehead atoms. The predicted octanol–water partition coefficient (Wildman–Crippen LogP) is 3.64. The molecule has 130 valence electrons. The number of hydrazone groups is 1. The van der Waals surface area contributed by atoms with Crippen molar-refractivity contribution >= 4 is 5.71 Å². The molecular weight excluding hydrogens is 312 g/mol. The minimum Gasteiger partial charge on any atom is -0.508 e. The molecule has 2 aromatic rings. The van der Waals surface area contributed by atoms with E-state index in [0.717, 1.165) is 44.2 Å². The van der Waals surface area contributed by atoms with E-state index in [9.17, 15) is 10.2 Å². The first-order valence-corrected chi connectivity index (χ1v) is 8.96. The van der Waals surface area contributed by atoms with Crippen LogP contribution in [0.1, 0.15) is 42.4 Å². The van der Waals surface area contributed by atoms with Crippen molar-refractivity contribution in [1.82, 2.24) is 0 Å². The molecule has 0 radical (unpaired) electrons. The van der Waals surface area contributed by atoms with Gasteiger partial charge in [-0.15, -0.1) is 0 Å². The lowest BCUT2D eigenvalue weighted by molar-refractivity contribution is 0.206. The van der Waals surface area contributed by atoms with Gasteiger partial charge in [0.25, 0.3) is 0 Å². The minimum absolute atomic E-state index is 0.0481. The van der Waals surface area contributed by atoms with Gasteiger partial charge in [-0.25, -0.2) is 0 Å². The van der Waals surface area contributed by atoms with Gasteiger partial charge >= 0.3 is 0 Å². The Bertz CT molecular complexity index is 813. The molecule has 0 spiro atoms. The molecule has 4 heteroatoms. The van der Waals surface area contributed by atoms with Gasteiger partial charge in [-0.05, 0) is 85.4 Å². The monoisotopic (exact) mass is 336 g/mol. The quantitative estimate of drug-likeness (QED) is 0.579. The lowest BCUT2D eigenvalue weighted by Crippen LogP contribution is -2.46. The fourth-order valence-corrected chi connectivity index (χ4v) is 4.91. The van der Waals surface area contributed by atoms with E-state index in [-0.39, 0.29) is 5.41 Å². The minimum atomic E-state index is 0.0481. The van der Waals surface area contributed by atoms with Gasteiger partial charge in [0, 0.05) is 11.1 Å². The summed E-state index contributed by atoms with van der Waals surface area (Å²) in [5, 5.41) is 23.5. The smallest absolute Gasteiger partial charge is 0.115 e. The van der Waals surface area contributed by atoms with Crippen molar-refractivity contribution in [3.8, 4) is 11.5 Å². The topological polar surface area (TPSA) is 78.8 Å². The zero-order valence-corrected chi connectivity index (χ0v) is 14.3. The molecule has 2 aliphatic rings. The Morgan fingerprint density at radius 2 is 1.80 bits per heavy atom. The molecule has 0 aliphatic heterocycles. The molecule has 4 rings (SSSR count). The summed E-state index contributed by atoms with van der Waals surface area (Å²) in [5.74, 6) is 6.73. The number of aromatic hydroxyl groups is 2. The zero-order chi connectivity index (χ0) is 17.4. The summed E-state index contributed by atoms with van der Waals surface area (Å²) < 4.78 is 0. The van der Waals surface area contributed by atoms with Crippen molar-refractivity contribution in [3.05, 3.63) is 59.2 Å². The number of nitrogens with zero attached hydrogens (tertiary/aromatic N) is 1. The fraction of sp³-hybridized carbons (Fsp3) is 0.381. The molecule has 1 fully saturated rings. The largest absolute Gasteiger partial charge is 0.508 e. The normalized spacial score (nSPS) is 26.9. The van der Waals surface area contributed by atoms with Crippen molar-refractivity contribution in [1.29, 1.82) is 0 Å². The second-order valence-corrected chi connectivity index (χ2v) is 7.48. The highest BCUT2D eigenvalue weighted by Gasteiger charge is 2.46. The summed E-state index contributed by atoms with van der Waals surface area (Å²) in [6, 6.07) is 13.4. The second kappa shape index (κ2) is 6.10. The molecule has 0 aromatic heterocycles. The summed E-state index contributed by atoms with van der Waals surface area (Å²) >= 11 is 0. The Morgan fingerprint density at radius 1 is 1.04 bits per heavy atom. The molecule has 2 aromatic carbocycles. The molecule has 2 unspecified atom stereocenters. The third-order valence-corrected chi connectivity index (χ3v) is 6.15. The van der Waals surface area contributed by atoms with Gasteiger partial charge in [0.2, 0.25) is 0 Å². The van der Waals surface area contributed by atoms with E-state index in [4.69, 9.17) is 5.84 Å². The van der Waals surface area contributed by atoms with Crippen LogP contribution < -0.4 is 5.84 Å². The van der Waals surface area contributed by atoms with Crippen LogP contribution in [-0.2, 0) is 18.3 Å². The average Bonchev–Trinajstić information content (AvgIpc) is 2.63. The maximum Gasteiger partial charge on any atom is 0.115 e. The van der Waals surface area contributed by atoms with Crippen LogP contribution in [0.25, 0.3) is 0 Å². The molecule has 0 heterocycles. The van der Waals surface area contributed by atoms with E-state index in [1.807, 2.05) is 24.3 Å². The third-order valence-electron chi connectivity index (χ3n) is 6.15. The number of phenols is 2. The van der Waals surface area contributed by atoms with Gasteiger partial charge in [0.15, 0.2) is 0 Å². The van der Waals surface area contributed by atoms with E-state index < -0.39 is 0 Å². The number of benzene rings is 2. The van der Waals surface area contributed by atoms with Crippen molar-refractivity contribution in [3.63, 3.8) is 0 Å². The van der Waals surface area contributed by atoms with Gasteiger partial charge < -0.3 is 16.1 Å². The first-order chi connectivity index (χ1) is 12.1. The summed E-state index contributed by atoms with van der Waals surface area (Å²) in [4.78, 5) is 0. The Balaban J connectivity index is 1.79. The van der Waals surface area contributed by atoms with E-state index >= 15 is 0 Å². The van der Waals surface area contributed by atoms with Crippen molar-refractivity contribution < 1.29 is 10.2 Å². The molecule has 4 nitrogen and oxygen atoms in total. The summed E-state index contributed by atoms with van der Waals surface area (Å²) in [6.45, 7) is 0. The SMILES string of the molecule is NN=C1CCC2(Cc3ccc(O)cc3)c3ccc(O)cc3CCC2C1. The highest BCUT2D eigenvalue weighted by atomic mass is 16.3. The van der Waals surface area contributed by atoms with Crippen LogP contribution >= 0.6 is 0 Å². The average molecular weight is 336 g/mol. The highest BCUT2D eigenvalue weighted by molar-refractivity contribution is 5.86. The van der Waals surface area contributed by atoms with E-state index in [0.29, 0.717) is 17.4 Å². The number of nitrogens with two attached hydrogens (primary N) is 1. The molecule has 0 amide bonds. The maximum atomic E-state index is 9.91. The second-order valence-electron chi connectivity index (χ2n) is 7.48. The molecule has 2 atom stereocenters. The standard InChI is InChI=1S/C21H24N2O2/c22-23-17-9-10-21(13-14-1-5-18(24)6-2-14)16(12-17)4-3-15-11-19(25)7-8-20(15)21/h1-2,5-8,11,16,24-25H,3-4,9-10,12-13,22H2. The van der Waals surface area contributed by atoms with Crippen LogP contribution in [0.5, 0.6) is 11.5 Å². The Hall–Kier alpha value is -2.49. The van der Waals surface area contributed by atoms with Crippen LogP contribution in [0.2, 0.25) is 0 Å². The van der Waals surface area contributed by atoms with Crippen molar-refractivity contribution in [2.75, 3.05) is 0 Å². The molecule has 0 saturated heterocycles. The Kier molecular flexibility index (Phi) is 3.91. The molecule has 1 saturated carbocycles. The van der Waals surface area contributed by atoms with Gasteiger partial charge in [-0.1, -0.05) is 18.2 Å². The number of fused-ring (bicyclic) bond motifs is 3. The summed E-state index contributed by atoms with van der Waals surface area (Å²) in [7, 11) is 0. The van der Waals surface area contributed by atoms with Gasteiger partial charge in [-0.3, -0.25) is 0 Å². The van der Waals surface area contributed by atoms with Crippen LogP contribution in [0.4, 0.5) is 0 Å². The Morgan fingerprint density at radius 3 is 2.56 bits per heavy atom. The lowest BCUT2D eigenvalue weighted by Gasteiger charge is -2.49. The zero-order valence-electron chi connectivity index (χ0n) is 14.3. The molecule has 2 aliphatic carbocycles. The van der Waals surface area contributed by atoms with E-state index in [1.165, 1.54) is 16.7 Å². The van der Waals surface area contributed by atoms with E-state index in [2.05, 4.69) is 11.2 Å². The number of phenolic OH excluding ortho intramolecular Hbond substituents is 2.